The van der Waals surface area contributed by atoms with E-state index in [1.807, 2.05) is 0 Å². The van der Waals surface area contributed by atoms with Gasteiger partial charge in [0.05, 0.1) is 32.5 Å². The Labute approximate surface area is 165 Å². The predicted octanol–water partition coefficient (Wildman–Crippen LogP) is 3.66. The van der Waals surface area contributed by atoms with E-state index < -0.39 is 0 Å². The van der Waals surface area contributed by atoms with Crippen molar-refractivity contribution >= 4 is 23.5 Å². The van der Waals surface area contributed by atoms with Gasteiger partial charge in [0, 0.05) is 10.9 Å². The van der Waals surface area contributed by atoms with Gasteiger partial charge in [-0.15, -0.1) is 11.3 Å². The molecule has 8 heteroatoms. The first-order valence-electron chi connectivity index (χ1n) is 8.33. The lowest BCUT2D eigenvalue weighted by Crippen LogP contribution is -2.19. The SMILES string of the molecule is COc1ccc(/C=N\NC(=O)Cc2csc(-c3ccc(F)cc3)n2)cc1OC. The second-order valence-corrected chi connectivity index (χ2v) is 6.59. The molecule has 0 aliphatic rings. The number of carbonyl (C=O) groups excluding carboxylic acids is 1. The van der Waals surface area contributed by atoms with Crippen molar-refractivity contribution in [3.8, 4) is 22.1 Å². The maximum atomic E-state index is 13.0. The van der Waals surface area contributed by atoms with Crippen molar-refractivity contribution in [3.63, 3.8) is 0 Å². The highest BCUT2D eigenvalue weighted by atomic mass is 32.1. The zero-order chi connectivity index (χ0) is 19.9. The van der Waals surface area contributed by atoms with E-state index in [0.29, 0.717) is 17.2 Å². The van der Waals surface area contributed by atoms with Gasteiger partial charge < -0.3 is 9.47 Å². The van der Waals surface area contributed by atoms with Crippen molar-refractivity contribution in [1.82, 2.24) is 10.4 Å². The quantitative estimate of drug-likeness (QED) is 0.486. The lowest BCUT2D eigenvalue weighted by molar-refractivity contribution is -0.120. The Kier molecular flexibility index (Phi) is 6.33. The molecule has 0 spiro atoms. The average Bonchev–Trinajstić information content (AvgIpc) is 3.16. The summed E-state index contributed by atoms with van der Waals surface area (Å²) in [5, 5.41) is 6.49. The number of benzene rings is 2. The molecule has 0 radical (unpaired) electrons. The summed E-state index contributed by atoms with van der Waals surface area (Å²) in [4.78, 5) is 16.5. The maximum Gasteiger partial charge on any atom is 0.246 e. The van der Waals surface area contributed by atoms with E-state index in [9.17, 15) is 9.18 Å². The van der Waals surface area contributed by atoms with Gasteiger partial charge in [-0.3, -0.25) is 4.79 Å². The number of nitrogens with zero attached hydrogens (tertiary/aromatic N) is 2. The van der Waals surface area contributed by atoms with Crippen LogP contribution in [0.4, 0.5) is 4.39 Å². The molecule has 3 rings (SSSR count). The molecule has 1 N–H and O–H groups in total. The number of halogens is 1. The number of nitrogens with one attached hydrogen (secondary N) is 1. The van der Waals surface area contributed by atoms with Gasteiger partial charge >= 0.3 is 0 Å². The second kappa shape index (κ2) is 9.09. The van der Waals surface area contributed by atoms with Crippen LogP contribution < -0.4 is 14.9 Å². The van der Waals surface area contributed by atoms with E-state index >= 15 is 0 Å². The molecular weight excluding hydrogens is 381 g/mol. The molecule has 2 aromatic carbocycles. The second-order valence-electron chi connectivity index (χ2n) is 5.74. The molecule has 1 amide bonds. The zero-order valence-electron chi connectivity index (χ0n) is 15.3. The number of rotatable bonds is 7. The molecule has 0 saturated carbocycles. The minimum absolute atomic E-state index is 0.0982. The van der Waals surface area contributed by atoms with Crippen LogP contribution in [0.25, 0.3) is 10.6 Å². The van der Waals surface area contributed by atoms with Crippen molar-refractivity contribution in [2.24, 2.45) is 5.10 Å². The van der Waals surface area contributed by atoms with Crippen molar-refractivity contribution in [1.29, 1.82) is 0 Å². The Morgan fingerprint density at radius 3 is 2.64 bits per heavy atom. The van der Waals surface area contributed by atoms with Crippen LogP contribution in [0.2, 0.25) is 0 Å². The van der Waals surface area contributed by atoms with E-state index in [4.69, 9.17) is 9.47 Å². The molecule has 3 aromatic rings. The highest BCUT2D eigenvalue weighted by Crippen LogP contribution is 2.27. The summed E-state index contributed by atoms with van der Waals surface area (Å²) in [6.45, 7) is 0. The van der Waals surface area contributed by atoms with Gasteiger partial charge in [0.15, 0.2) is 11.5 Å². The first kappa shape index (κ1) is 19.5. The Balaban J connectivity index is 1.57. The van der Waals surface area contributed by atoms with E-state index in [1.54, 1.807) is 49.9 Å². The summed E-state index contributed by atoms with van der Waals surface area (Å²) in [7, 11) is 3.11. The number of ether oxygens (including phenoxy) is 2. The molecule has 0 aliphatic carbocycles. The first-order chi connectivity index (χ1) is 13.6. The molecule has 144 valence electrons. The van der Waals surface area contributed by atoms with Crippen LogP contribution in [-0.2, 0) is 11.2 Å². The van der Waals surface area contributed by atoms with Gasteiger partial charge in [0.1, 0.15) is 10.8 Å². The zero-order valence-corrected chi connectivity index (χ0v) is 16.1. The summed E-state index contributed by atoms with van der Waals surface area (Å²) < 4.78 is 23.4. The Hall–Kier alpha value is -3.26. The fourth-order valence-corrected chi connectivity index (χ4v) is 3.26. The first-order valence-corrected chi connectivity index (χ1v) is 9.21. The minimum atomic E-state index is -0.299. The number of thiazole rings is 1. The van der Waals surface area contributed by atoms with E-state index in [-0.39, 0.29) is 18.1 Å². The van der Waals surface area contributed by atoms with E-state index in [2.05, 4.69) is 15.5 Å². The standard InChI is InChI=1S/C20H18FN3O3S/c1-26-17-8-3-13(9-18(17)27-2)11-22-24-19(25)10-16-12-28-20(23-16)14-4-6-15(21)7-5-14/h3-9,11-12H,10H2,1-2H3,(H,24,25)/b22-11-. The molecule has 0 fully saturated rings. The van der Waals surface area contributed by atoms with Gasteiger partial charge in [-0.1, -0.05) is 0 Å². The Morgan fingerprint density at radius 1 is 1.18 bits per heavy atom. The molecule has 1 aromatic heterocycles. The highest BCUT2D eigenvalue weighted by molar-refractivity contribution is 7.13. The van der Waals surface area contributed by atoms with Crippen molar-refractivity contribution in [3.05, 3.63) is 64.9 Å². The molecule has 0 aliphatic heterocycles. The normalized spacial score (nSPS) is 10.8. The third-order valence-corrected chi connectivity index (χ3v) is 4.74. The molecule has 0 bridgehead atoms. The van der Waals surface area contributed by atoms with Crippen molar-refractivity contribution < 1.29 is 18.7 Å². The van der Waals surface area contributed by atoms with E-state index in [0.717, 1.165) is 16.1 Å². The van der Waals surface area contributed by atoms with Crippen LogP contribution in [0.1, 0.15) is 11.3 Å². The Morgan fingerprint density at radius 2 is 1.93 bits per heavy atom. The fraction of sp³-hybridized carbons (Fsp3) is 0.150. The monoisotopic (exact) mass is 399 g/mol. The van der Waals surface area contributed by atoms with Crippen LogP contribution in [0, 0.1) is 5.82 Å². The van der Waals surface area contributed by atoms with E-state index in [1.165, 1.54) is 29.7 Å². The third kappa shape index (κ3) is 4.92. The van der Waals surface area contributed by atoms with Crippen LogP contribution in [0.3, 0.4) is 0 Å². The maximum absolute atomic E-state index is 13.0. The van der Waals surface area contributed by atoms with Crippen LogP contribution in [-0.4, -0.2) is 31.3 Å². The average molecular weight is 399 g/mol. The molecule has 1 heterocycles. The lowest BCUT2D eigenvalue weighted by atomic mass is 10.2. The summed E-state index contributed by atoms with van der Waals surface area (Å²) in [5.41, 5.74) is 4.67. The van der Waals surface area contributed by atoms with Crippen molar-refractivity contribution in [2.75, 3.05) is 14.2 Å². The number of hydrazone groups is 1. The van der Waals surface area contributed by atoms with Crippen LogP contribution >= 0.6 is 11.3 Å². The Bertz CT molecular complexity index is 987. The van der Waals surface area contributed by atoms with Gasteiger partial charge in [-0.2, -0.15) is 5.10 Å². The lowest BCUT2D eigenvalue weighted by Gasteiger charge is -2.07. The molecular formula is C20H18FN3O3S. The number of hydrogen-bond acceptors (Lipinski definition) is 6. The molecule has 6 nitrogen and oxygen atoms in total. The molecule has 28 heavy (non-hydrogen) atoms. The summed E-state index contributed by atoms with van der Waals surface area (Å²) in [6.07, 6.45) is 1.62. The summed E-state index contributed by atoms with van der Waals surface area (Å²) >= 11 is 1.40. The van der Waals surface area contributed by atoms with Gasteiger partial charge in [0.2, 0.25) is 5.91 Å². The largest absolute Gasteiger partial charge is 0.493 e. The molecule has 0 atom stereocenters. The van der Waals surface area contributed by atoms with Crippen molar-refractivity contribution in [2.45, 2.75) is 6.42 Å². The van der Waals surface area contributed by atoms with Gasteiger partial charge in [0.25, 0.3) is 0 Å². The van der Waals surface area contributed by atoms with Crippen LogP contribution in [0.15, 0.2) is 52.9 Å². The van der Waals surface area contributed by atoms with Gasteiger partial charge in [-0.25, -0.2) is 14.8 Å². The number of methoxy groups -OCH3 is 2. The minimum Gasteiger partial charge on any atom is -0.493 e. The molecule has 0 saturated heterocycles. The third-order valence-electron chi connectivity index (χ3n) is 3.80. The smallest absolute Gasteiger partial charge is 0.246 e. The summed E-state index contributed by atoms with van der Waals surface area (Å²) in [5.74, 6) is 0.609. The predicted molar refractivity (Wildman–Crippen MR) is 106 cm³/mol. The summed E-state index contributed by atoms with van der Waals surface area (Å²) in [6, 6.07) is 11.4. The number of carbonyl (C=O) groups is 1. The number of hydrogen-bond donors (Lipinski definition) is 1. The topological polar surface area (TPSA) is 72.8 Å². The highest BCUT2D eigenvalue weighted by Gasteiger charge is 2.09. The molecule has 0 unspecified atom stereocenters. The van der Waals surface area contributed by atoms with Gasteiger partial charge in [-0.05, 0) is 48.0 Å². The number of aromatic nitrogens is 1. The van der Waals surface area contributed by atoms with Crippen LogP contribution in [0.5, 0.6) is 11.5 Å². The number of amides is 1. The fourth-order valence-electron chi connectivity index (χ4n) is 2.43.